The van der Waals surface area contributed by atoms with Gasteiger partial charge in [-0.1, -0.05) is 19.8 Å². The summed E-state index contributed by atoms with van der Waals surface area (Å²) in [6.07, 6.45) is 2.26. The molecule has 1 aromatic rings. The van der Waals surface area contributed by atoms with Crippen LogP contribution in [0.2, 0.25) is 0 Å². The highest BCUT2D eigenvalue weighted by atomic mass is 19.2. The molecule has 90 valence electrons. The maximum Gasteiger partial charge on any atom is 0.255 e. The molecule has 1 aromatic heterocycles. The van der Waals surface area contributed by atoms with E-state index >= 15 is 0 Å². The van der Waals surface area contributed by atoms with Crippen LogP contribution in [0.1, 0.15) is 26.2 Å². The van der Waals surface area contributed by atoms with Gasteiger partial charge in [0.25, 0.3) is 11.9 Å². The van der Waals surface area contributed by atoms with Gasteiger partial charge in [-0.2, -0.15) is 22.5 Å². The summed E-state index contributed by atoms with van der Waals surface area (Å²) in [6.45, 7) is 1.94. The molecule has 0 saturated carbocycles. The van der Waals surface area contributed by atoms with Crippen LogP contribution < -0.4 is 4.74 Å². The van der Waals surface area contributed by atoms with E-state index in [0.29, 0.717) is 6.42 Å². The number of pyridine rings is 1. The Morgan fingerprint density at radius 2 is 1.56 bits per heavy atom. The Morgan fingerprint density at radius 3 is 2.06 bits per heavy atom. The fourth-order valence-corrected chi connectivity index (χ4v) is 1.12. The quantitative estimate of drug-likeness (QED) is 0.445. The van der Waals surface area contributed by atoms with Crippen molar-refractivity contribution in [2.75, 3.05) is 6.61 Å². The molecule has 0 spiro atoms. The SMILES string of the molecule is CCCCCOc1c(F)c(F)nc(F)c1F. The van der Waals surface area contributed by atoms with Gasteiger partial charge in [0.1, 0.15) is 0 Å². The molecule has 0 aromatic carbocycles. The van der Waals surface area contributed by atoms with Crippen molar-refractivity contribution in [3.05, 3.63) is 23.5 Å². The summed E-state index contributed by atoms with van der Waals surface area (Å²) in [6, 6.07) is 0. The van der Waals surface area contributed by atoms with E-state index in [2.05, 4.69) is 9.72 Å². The van der Waals surface area contributed by atoms with Crippen molar-refractivity contribution >= 4 is 0 Å². The molecule has 0 aliphatic rings. The first-order valence-electron chi connectivity index (χ1n) is 4.90. The Bertz CT molecular complexity index is 344. The van der Waals surface area contributed by atoms with Gasteiger partial charge < -0.3 is 4.74 Å². The van der Waals surface area contributed by atoms with Gasteiger partial charge in [-0.3, -0.25) is 0 Å². The Balaban J connectivity index is 2.78. The van der Waals surface area contributed by atoms with Crippen LogP contribution in [0.4, 0.5) is 17.6 Å². The predicted molar refractivity (Wildman–Crippen MR) is 49.1 cm³/mol. The molecule has 1 heterocycles. The number of hydrogen-bond acceptors (Lipinski definition) is 2. The van der Waals surface area contributed by atoms with Crippen molar-refractivity contribution in [2.45, 2.75) is 26.2 Å². The maximum atomic E-state index is 13.0. The Morgan fingerprint density at radius 1 is 1.00 bits per heavy atom. The zero-order chi connectivity index (χ0) is 12.1. The number of aromatic nitrogens is 1. The van der Waals surface area contributed by atoms with Gasteiger partial charge in [0.2, 0.25) is 11.6 Å². The molecule has 0 bridgehead atoms. The summed E-state index contributed by atoms with van der Waals surface area (Å²) in [7, 11) is 0. The zero-order valence-electron chi connectivity index (χ0n) is 8.70. The molecular formula is C10H11F4NO. The summed E-state index contributed by atoms with van der Waals surface area (Å²) in [5, 5.41) is 0. The Hall–Kier alpha value is -1.33. The number of halogens is 4. The Kier molecular flexibility index (Phi) is 4.52. The second kappa shape index (κ2) is 5.67. The lowest BCUT2D eigenvalue weighted by Gasteiger charge is -2.08. The van der Waals surface area contributed by atoms with E-state index in [-0.39, 0.29) is 6.61 Å². The second-order valence-electron chi connectivity index (χ2n) is 3.21. The molecule has 0 amide bonds. The van der Waals surface area contributed by atoms with Crippen molar-refractivity contribution < 1.29 is 22.3 Å². The minimum absolute atomic E-state index is 0.00454. The lowest BCUT2D eigenvalue weighted by Crippen LogP contribution is -2.07. The van der Waals surface area contributed by atoms with Crippen molar-refractivity contribution in [1.82, 2.24) is 4.98 Å². The Labute approximate surface area is 90.3 Å². The van der Waals surface area contributed by atoms with Gasteiger partial charge >= 0.3 is 0 Å². The number of rotatable bonds is 5. The van der Waals surface area contributed by atoms with E-state index in [1.165, 1.54) is 0 Å². The molecule has 0 aliphatic carbocycles. The van der Waals surface area contributed by atoms with Crippen LogP contribution in [0, 0.1) is 23.5 Å². The second-order valence-corrected chi connectivity index (χ2v) is 3.21. The monoisotopic (exact) mass is 237 g/mol. The van der Waals surface area contributed by atoms with Gasteiger partial charge in [-0.25, -0.2) is 0 Å². The van der Waals surface area contributed by atoms with Crippen molar-refractivity contribution in [1.29, 1.82) is 0 Å². The summed E-state index contributed by atoms with van der Waals surface area (Å²) in [4.78, 5) is 2.41. The average molecular weight is 237 g/mol. The number of nitrogens with zero attached hydrogens (tertiary/aromatic N) is 1. The summed E-state index contributed by atoms with van der Waals surface area (Å²) in [5.74, 6) is -7.65. The molecule has 2 nitrogen and oxygen atoms in total. The van der Waals surface area contributed by atoms with E-state index in [0.717, 1.165) is 12.8 Å². The van der Waals surface area contributed by atoms with Crippen molar-refractivity contribution in [3.63, 3.8) is 0 Å². The fraction of sp³-hybridized carbons (Fsp3) is 0.500. The molecule has 0 saturated heterocycles. The highest BCUT2D eigenvalue weighted by Crippen LogP contribution is 2.24. The van der Waals surface area contributed by atoms with E-state index in [1.54, 1.807) is 0 Å². The number of hydrogen-bond donors (Lipinski definition) is 0. The topological polar surface area (TPSA) is 22.1 Å². The van der Waals surface area contributed by atoms with Crippen LogP contribution >= 0.6 is 0 Å². The lowest BCUT2D eigenvalue weighted by molar-refractivity contribution is 0.258. The normalized spacial score (nSPS) is 10.6. The number of unbranched alkanes of at least 4 members (excludes halogenated alkanes) is 2. The zero-order valence-corrected chi connectivity index (χ0v) is 8.70. The van der Waals surface area contributed by atoms with Gasteiger partial charge in [0, 0.05) is 0 Å². The molecule has 0 atom stereocenters. The van der Waals surface area contributed by atoms with E-state index < -0.39 is 29.3 Å². The van der Waals surface area contributed by atoms with Gasteiger partial charge in [-0.05, 0) is 6.42 Å². The van der Waals surface area contributed by atoms with Crippen LogP contribution in [-0.4, -0.2) is 11.6 Å². The molecule has 0 N–H and O–H groups in total. The van der Waals surface area contributed by atoms with Crippen molar-refractivity contribution in [3.8, 4) is 5.75 Å². The molecule has 1 rings (SSSR count). The molecular weight excluding hydrogens is 226 g/mol. The minimum Gasteiger partial charge on any atom is -0.487 e. The first kappa shape index (κ1) is 12.7. The molecule has 0 unspecified atom stereocenters. The largest absolute Gasteiger partial charge is 0.487 e. The van der Waals surface area contributed by atoms with Gasteiger partial charge in [0.15, 0.2) is 5.75 Å². The van der Waals surface area contributed by atoms with Crippen molar-refractivity contribution in [2.24, 2.45) is 0 Å². The summed E-state index contributed by atoms with van der Waals surface area (Å²) >= 11 is 0. The minimum atomic E-state index is -1.70. The maximum absolute atomic E-state index is 13.0. The predicted octanol–water partition coefficient (Wildman–Crippen LogP) is 3.21. The smallest absolute Gasteiger partial charge is 0.255 e. The standard InChI is InChI=1S/C10H11F4NO/c1-2-3-4-5-16-8-6(11)9(13)15-10(14)7(8)12/h2-5H2,1H3. The highest BCUT2D eigenvalue weighted by molar-refractivity contribution is 5.24. The number of ether oxygens (including phenoxy) is 1. The third-order valence-electron chi connectivity index (χ3n) is 1.95. The molecule has 0 radical (unpaired) electrons. The molecule has 0 aliphatic heterocycles. The highest BCUT2D eigenvalue weighted by Gasteiger charge is 2.21. The first-order chi connectivity index (χ1) is 7.57. The fourth-order valence-electron chi connectivity index (χ4n) is 1.12. The lowest BCUT2D eigenvalue weighted by atomic mass is 10.3. The van der Waals surface area contributed by atoms with Gasteiger partial charge in [-0.15, -0.1) is 0 Å². The average Bonchev–Trinajstić information content (AvgIpc) is 2.25. The molecule has 0 fully saturated rings. The van der Waals surface area contributed by atoms with Crippen LogP contribution in [0.5, 0.6) is 5.75 Å². The van der Waals surface area contributed by atoms with Gasteiger partial charge in [0.05, 0.1) is 6.61 Å². The summed E-state index contributed by atoms with van der Waals surface area (Å²) < 4.78 is 55.9. The van der Waals surface area contributed by atoms with E-state index in [4.69, 9.17) is 0 Å². The van der Waals surface area contributed by atoms with Crippen LogP contribution in [0.25, 0.3) is 0 Å². The third kappa shape index (κ3) is 2.84. The molecule has 16 heavy (non-hydrogen) atoms. The first-order valence-corrected chi connectivity index (χ1v) is 4.90. The summed E-state index contributed by atoms with van der Waals surface area (Å²) in [5.41, 5.74) is 0. The van der Waals surface area contributed by atoms with Crippen LogP contribution in [0.3, 0.4) is 0 Å². The third-order valence-corrected chi connectivity index (χ3v) is 1.95. The van der Waals surface area contributed by atoms with Crippen LogP contribution in [-0.2, 0) is 0 Å². The van der Waals surface area contributed by atoms with Crippen LogP contribution in [0.15, 0.2) is 0 Å². The molecule has 6 heteroatoms. The van der Waals surface area contributed by atoms with E-state index in [1.807, 2.05) is 6.92 Å². The van der Waals surface area contributed by atoms with E-state index in [9.17, 15) is 17.6 Å².